The van der Waals surface area contributed by atoms with Gasteiger partial charge in [-0.15, -0.1) is 0 Å². The maximum Gasteiger partial charge on any atom is 0.307 e. The molecule has 1 aliphatic carbocycles. The van der Waals surface area contributed by atoms with Crippen LogP contribution in [-0.2, 0) is 9.59 Å². The predicted molar refractivity (Wildman–Crippen MR) is 46.4 cm³/mol. The first kappa shape index (κ1) is 9.45. The number of carbonyl (C=O) groups is 2. The molecular weight excluding hydrogens is 186 g/mol. The molecule has 0 aromatic rings. The molecule has 1 aliphatic heterocycles. The van der Waals surface area contributed by atoms with E-state index in [0.29, 0.717) is 19.5 Å². The molecule has 1 amide bonds. The van der Waals surface area contributed by atoms with E-state index in [0.717, 1.165) is 0 Å². The van der Waals surface area contributed by atoms with Crippen LogP contribution in [0.3, 0.4) is 0 Å². The van der Waals surface area contributed by atoms with Crippen LogP contribution < -0.4 is 0 Å². The second-order valence-electron chi connectivity index (χ2n) is 4.48. The van der Waals surface area contributed by atoms with Crippen LogP contribution in [-0.4, -0.2) is 45.7 Å². The summed E-state index contributed by atoms with van der Waals surface area (Å²) in [5.74, 6) is -1.85. The Morgan fingerprint density at radius 2 is 1.93 bits per heavy atom. The molecule has 2 aliphatic rings. The summed E-state index contributed by atoms with van der Waals surface area (Å²) < 4.78 is 0. The molecule has 2 N–H and O–H groups in total. The highest BCUT2D eigenvalue weighted by molar-refractivity contribution is 5.90. The number of hydrogen-bond donors (Lipinski definition) is 2. The molecule has 5 nitrogen and oxygen atoms in total. The Kier molecular flexibility index (Phi) is 1.82. The number of carboxylic acid groups (broad SMARTS) is 1. The zero-order valence-electron chi connectivity index (χ0n) is 7.93. The van der Waals surface area contributed by atoms with Crippen LogP contribution in [0.5, 0.6) is 0 Å². The third-order valence-corrected chi connectivity index (χ3v) is 2.80. The standard InChI is InChI=1S/C9H13NO4/c1-9(14)3-10(4-9)7(11)5-2-6(5)8(12)13/h5-6,14H,2-4H2,1H3,(H,12,13)/t5-,6+/m1/s1. The largest absolute Gasteiger partial charge is 0.481 e. The number of aliphatic hydroxyl groups is 1. The van der Waals surface area contributed by atoms with E-state index >= 15 is 0 Å². The molecule has 0 unspecified atom stereocenters. The molecule has 1 saturated carbocycles. The smallest absolute Gasteiger partial charge is 0.307 e. The van der Waals surface area contributed by atoms with E-state index in [9.17, 15) is 14.7 Å². The molecule has 0 aromatic carbocycles. The number of likely N-dealkylation sites (tertiary alicyclic amines) is 1. The third-order valence-electron chi connectivity index (χ3n) is 2.80. The number of β-amino-alcohol motifs (C(OH)–C–C–N with tert-alkyl or cyclic N) is 1. The molecule has 0 radical (unpaired) electrons. The number of hydrogen-bond acceptors (Lipinski definition) is 3. The van der Waals surface area contributed by atoms with Crippen molar-refractivity contribution in [2.75, 3.05) is 13.1 Å². The van der Waals surface area contributed by atoms with Gasteiger partial charge < -0.3 is 15.1 Å². The molecule has 0 spiro atoms. The molecule has 1 heterocycles. The maximum absolute atomic E-state index is 11.5. The van der Waals surface area contributed by atoms with E-state index < -0.39 is 17.5 Å². The summed E-state index contributed by atoms with van der Waals surface area (Å²) in [6, 6.07) is 0. The van der Waals surface area contributed by atoms with E-state index in [4.69, 9.17) is 5.11 Å². The Morgan fingerprint density at radius 1 is 1.36 bits per heavy atom. The number of nitrogens with zero attached hydrogens (tertiary/aromatic N) is 1. The minimum atomic E-state index is -0.893. The SMILES string of the molecule is CC1(O)CN(C(=O)[C@@H]2C[C@@H]2C(=O)O)C1. The van der Waals surface area contributed by atoms with Crippen molar-refractivity contribution >= 4 is 11.9 Å². The number of amides is 1. The fraction of sp³-hybridized carbons (Fsp3) is 0.778. The zero-order chi connectivity index (χ0) is 10.5. The van der Waals surface area contributed by atoms with Crippen LogP contribution in [0.15, 0.2) is 0 Å². The summed E-state index contributed by atoms with van der Waals surface area (Å²) >= 11 is 0. The fourth-order valence-electron chi connectivity index (χ4n) is 1.91. The average Bonchev–Trinajstić information content (AvgIpc) is 2.77. The maximum atomic E-state index is 11.5. The van der Waals surface area contributed by atoms with Crippen molar-refractivity contribution in [1.29, 1.82) is 0 Å². The number of carboxylic acids is 1. The summed E-state index contributed by atoms with van der Waals surface area (Å²) in [6.07, 6.45) is 0.451. The van der Waals surface area contributed by atoms with Crippen LogP contribution in [0, 0.1) is 11.8 Å². The Morgan fingerprint density at radius 3 is 2.29 bits per heavy atom. The van der Waals surface area contributed by atoms with Crippen molar-refractivity contribution in [2.45, 2.75) is 18.9 Å². The van der Waals surface area contributed by atoms with Crippen molar-refractivity contribution < 1.29 is 19.8 Å². The summed E-state index contributed by atoms with van der Waals surface area (Å²) in [7, 11) is 0. The molecule has 2 rings (SSSR count). The number of carbonyl (C=O) groups excluding carboxylic acids is 1. The Bertz CT molecular complexity index is 291. The lowest BCUT2D eigenvalue weighted by atomic mass is 9.96. The summed E-state index contributed by atoms with van der Waals surface area (Å²) in [6.45, 7) is 2.32. The van der Waals surface area contributed by atoms with E-state index in [1.807, 2.05) is 0 Å². The van der Waals surface area contributed by atoms with E-state index in [-0.39, 0.29) is 11.8 Å². The van der Waals surface area contributed by atoms with E-state index in [1.165, 1.54) is 4.90 Å². The normalized spacial score (nSPS) is 33.4. The summed E-state index contributed by atoms with van der Waals surface area (Å²) in [5.41, 5.74) is -0.775. The number of rotatable bonds is 2. The molecule has 14 heavy (non-hydrogen) atoms. The highest BCUT2D eigenvalue weighted by Crippen LogP contribution is 2.41. The molecule has 1 saturated heterocycles. The van der Waals surface area contributed by atoms with Gasteiger partial charge in [-0.3, -0.25) is 9.59 Å². The van der Waals surface area contributed by atoms with Gasteiger partial charge >= 0.3 is 5.97 Å². The van der Waals surface area contributed by atoms with E-state index in [1.54, 1.807) is 6.92 Å². The van der Waals surface area contributed by atoms with Crippen LogP contribution in [0.4, 0.5) is 0 Å². The van der Waals surface area contributed by atoms with Gasteiger partial charge in [0.2, 0.25) is 5.91 Å². The van der Waals surface area contributed by atoms with Crippen molar-refractivity contribution in [2.24, 2.45) is 11.8 Å². The Hall–Kier alpha value is -1.10. The van der Waals surface area contributed by atoms with E-state index in [2.05, 4.69) is 0 Å². The Labute approximate surface area is 81.3 Å². The molecule has 78 valence electrons. The third kappa shape index (κ3) is 1.48. The van der Waals surface area contributed by atoms with Gasteiger partial charge in [0.05, 0.1) is 30.5 Å². The van der Waals surface area contributed by atoms with Gasteiger partial charge in [0, 0.05) is 0 Å². The van der Waals surface area contributed by atoms with Crippen molar-refractivity contribution in [3.63, 3.8) is 0 Å². The molecular formula is C9H13NO4. The summed E-state index contributed by atoms with van der Waals surface area (Å²) in [4.78, 5) is 23.6. The minimum Gasteiger partial charge on any atom is -0.481 e. The first-order valence-corrected chi connectivity index (χ1v) is 4.65. The van der Waals surface area contributed by atoms with Gasteiger partial charge in [-0.25, -0.2) is 0 Å². The monoisotopic (exact) mass is 199 g/mol. The van der Waals surface area contributed by atoms with Gasteiger partial charge in [0.1, 0.15) is 0 Å². The van der Waals surface area contributed by atoms with Crippen molar-refractivity contribution in [3.05, 3.63) is 0 Å². The average molecular weight is 199 g/mol. The molecule has 2 atom stereocenters. The number of aliphatic carboxylic acids is 1. The van der Waals surface area contributed by atoms with Gasteiger partial charge in [0.25, 0.3) is 0 Å². The van der Waals surface area contributed by atoms with Crippen molar-refractivity contribution in [3.8, 4) is 0 Å². The van der Waals surface area contributed by atoms with Crippen LogP contribution in [0.2, 0.25) is 0 Å². The predicted octanol–water partition coefficient (Wildman–Crippen LogP) is -0.700. The lowest BCUT2D eigenvalue weighted by Crippen LogP contribution is -2.62. The zero-order valence-corrected chi connectivity index (χ0v) is 7.93. The molecule has 2 fully saturated rings. The quantitative estimate of drug-likeness (QED) is 0.616. The second-order valence-corrected chi connectivity index (χ2v) is 4.48. The Balaban J connectivity index is 1.85. The first-order valence-electron chi connectivity index (χ1n) is 4.65. The molecule has 5 heteroatoms. The first-order chi connectivity index (χ1) is 6.41. The van der Waals surface area contributed by atoms with Gasteiger partial charge in [-0.2, -0.15) is 0 Å². The van der Waals surface area contributed by atoms with Crippen LogP contribution in [0.25, 0.3) is 0 Å². The molecule has 0 bridgehead atoms. The second kappa shape index (κ2) is 2.70. The van der Waals surface area contributed by atoms with Gasteiger partial charge in [-0.05, 0) is 13.3 Å². The highest BCUT2D eigenvalue weighted by Gasteiger charge is 2.52. The van der Waals surface area contributed by atoms with Gasteiger partial charge in [0.15, 0.2) is 0 Å². The van der Waals surface area contributed by atoms with Crippen LogP contribution >= 0.6 is 0 Å². The molecule has 0 aromatic heterocycles. The summed E-state index contributed by atoms with van der Waals surface area (Å²) in [5, 5.41) is 18.0. The topological polar surface area (TPSA) is 77.8 Å². The lowest BCUT2D eigenvalue weighted by Gasteiger charge is -2.44. The van der Waals surface area contributed by atoms with Gasteiger partial charge in [-0.1, -0.05) is 0 Å². The minimum absolute atomic E-state index is 0.121. The lowest BCUT2D eigenvalue weighted by molar-refractivity contribution is -0.155. The fourth-order valence-corrected chi connectivity index (χ4v) is 1.91. The van der Waals surface area contributed by atoms with Crippen LogP contribution in [0.1, 0.15) is 13.3 Å². The van der Waals surface area contributed by atoms with Crippen molar-refractivity contribution in [1.82, 2.24) is 4.90 Å². The highest BCUT2D eigenvalue weighted by atomic mass is 16.4.